The van der Waals surface area contributed by atoms with E-state index in [1.54, 1.807) is 12.1 Å². The highest BCUT2D eigenvalue weighted by molar-refractivity contribution is 7.59. The minimum absolute atomic E-state index is 0. The van der Waals surface area contributed by atoms with E-state index in [0.29, 0.717) is 33.4 Å². The quantitative estimate of drug-likeness (QED) is 0.416. The second-order valence-corrected chi connectivity index (χ2v) is 8.41. The van der Waals surface area contributed by atoms with E-state index in [0.717, 1.165) is 55.2 Å². The molecule has 1 fully saturated rings. The predicted octanol–water partition coefficient (Wildman–Crippen LogP) is 5.22. The number of fused-ring (bicyclic) bond motifs is 1. The van der Waals surface area contributed by atoms with Gasteiger partial charge in [-0.3, -0.25) is 0 Å². The molecule has 30 heavy (non-hydrogen) atoms. The number of pyridine rings is 1. The molecule has 1 aromatic carbocycles. The Balaban J connectivity index is 0.00000256. The number of aromatic amines is 1. The summed E-state index contributed by atoms with van der Waals surface area (Å²) in [6.45, 7) is 5.36. The Hall–Kier alpha value is -1.38. The SMILES string of the molecule is CCNc1c(Cl)cc(Cl)cc1CN[C@H]1CCCN(c2nc3nc(Cl)ccc3[nH]2)C1.S. The Kier molecular flexibility index (Phi) is 7.98. The molecule has 1 atom stereocenters. The number of hydrogen-bond acceptors (Lipinski definition) is 5. The van der Waals surface area contributed by atoms with E-state index in [-0.39, 0.29) is 13.5 Å². The van der Waals surface area contributed by atoms with E-state index >= 15 is 0 Å². The molecule has 3 aromatic rings. The molecule has 1 aliphatic heterocycles. The lowest BCUT2D eigenvalue weighted by atomic mass is 10.1. The van der Waals surface area contributed by atoms with Gasteiger partial charge in [0, 0.05) is 37.2 Å². The lowest BCUT2D eigenvalue weighted by Gasteiger charge is -2.33. The van der Waals surface area contributed by atoms with Crippen molar-refractivity contribution in [3.05, 3.63) is 45.0 Å². The van der Waals surface area contributed by atoms with E-state index in [1.165, 1.54) is 0 Å². The van der Waals surface area contributed by atoms with Crippen molar-refractivity contribution >= 4 is 71.1 Å². The minimum atomic E-state index is 0. The lowest BCUT2D eigenvalue weighted by molar-refractivity contribution is 0.419. The minimum Gasteiger partial charge on any atom is -0.384 e. The number of anilines is 2. The van der Waals surface area contributed by atoms with E-state index in [4.69, 9.17) is 34.8 Å². The molecular formula is C20H25Cl3N6S. The average molecular weight is 488 g/mol. The summed E-state index contributed by atoms with van der Waals surface area (Å²) < 4.78 is 0. The second-order valence-electron chi connectivity index (χ2n) is 7.18. The number of imidazole rings is 1. The van der Waals surface area contributed by atoms with Gasteiger partial charge in [-0.15, -0.1) is 0 Å². The maximum Gasteiger partial charge on any atom is 0.205 e. The molecule has 1 saturated heterocycles. The first kappa shape index (κ1) is 23.3. The van der Waals surface area contributed by atoms with Crippen molar-refractivity contribution < 1.29 is 0 Å². The standard InChI is InChI=1S/C20H23Cl3N6.H2S/c1-2-24-18-12(8-13(21)9-15(18)22)10-25-14-4-3-7-29(11-14)20-26-16-5-6-17(23)27-19(16)28-20;/h5-6,8-9,14,24-25H,2-4,7,10-11H2,1H3,(H,26,27,28);1H2/t14-;/m0./s1. The van der Waals surface area contributed by atoms with Gasteiger partial charge in [0.1, 0.15) is 5.15 Å². The third-order valence-corrected chi connectivity index (χ3v) is 5.82. The van der Waals surface area contributed by atoms with Gasteiger partial charge in [-0.2, -0.15) is 18.5 Å². The number of aromatic nitrogens is 3. The number of nitrogens with zero attached hydrogens (tertiary/aromatic N) is 3. The number of hydrogen-bond donors (Lipinski definition) is 3. The molecule has 4 rings (SSSR count). The van der Waals surface area contributed by atoms with Crippen LogP contribution in [0.5, 0.6) is 0 Å². The zero-order valence-corrected chi connectivity index (χ0v) is 19.9. The first-order valence-corrected chi connectivity index (χ1v) is 10.9. The third-order valence-electron chi connectivity index (χ3n) is 5.09. The Morgan fingerprint density at radius 1 is 1.20 bits per heavy atom. The highest BCUT2D eigenvalue weighted by Crippen LogP contribution is 2.30. The van der Waals surface area contributed by atoms with Crippen molar-refractivity contribution in [3.63, 3.8) is 0 Å². The van der Waals surface area contributed by atoms with Crippen LogP contribution in [0.1, 0.15) is 25.3 Å². The van der Waals surface area contributed by atoms with Crippen LogP contribution in [0.25, 0.3) is 11.2 Å². The maximum absolute atomic E-state index is 6.38. The largest absolute Gasteiger partial charge is 0.384 e. The van der Waals surface area contributed by atoms with Gasteiger partial charge < -0.3 is 20.5 Å². The zero-order valence-electron chi connectivity index (χ0n) is 16.6. The molecule has 0 unspecified atom stereocenters. The summed E-state index contributed by atoms with van der Waals surface area (Å²) in [6.07, 6.45) is 2.19. The highest BCUT2D eigenvalue weighted by atomic mass is 35.5. The molecule has 0 bridgehead atoms. The summed E-state index contributed by atoms with van der Waals surface area (Å²) in [4.78, 5) is 14.5. The van der Waals surface area contributed by atoms with Crippen LogP contribution in [-0.4, -0.2) is 40.6 Å². The summed E-state index contributed by atoms with van der Waals surface area (Å²) in [6, 6.07) is 7.75. The highest BCUT2D eigenvalue weighted by Gasteiger charge is 2.22. The van der Waals surface area contributed by atoms with Gasteiger partial charge in [0.15, 0.2) is 5.65 Å². The Morgan fingerprint density at radius 3 is 2.83 bits per heavy atom. The molecule has 10 heteroatoms. The Morgan fingerprint density at radius 2 is 2.03 bits per heavy atom. The monoisotopic (exact) mass is 486 g/mol. The Labute approximate surface area is 198 Å². The van der Waals surface area contributed by atoms with Crippen LogP contribution in [0.4, 0.5) is 11.6 Å². The summed E-state index contributed by atoms with van der Waals surface area (Å²) in [5.74, 6) is 0.834. The summed E-state index contributed by atoms with van der Waals surface area (Å²) >= 11 is 18.6. The lowest BCUT2D eigenvalue weighted by Crippen LogP contribution is -2.46. The van der Waals surface area contributed by atoms with Crippen molar-refractivity contribution in [2.75, 3.05) is 29.9 Å². The summed E-state index contributed by atoms with van der Waals surface area (Å²) in [5, 5.41) is 8.74. The topological polar surface area (TPSA) is 68.9 Å². The van der Waals surface area contributed by atoms with Gasteiger partial charge in [-0.25, -0.2) is 4.98 Å². The van der Waals surface area contributed by atoms with Crippen molar-refractivity contribution in [1.29, 1.82) is 0 Å². The molecule has 3 N–H and O–H groups in total. The van der Waals surface area contributed by atoms with Gasteiger partial charge >= 0.3 is 0 Å². The number of benzene rings is 1. The molecule has 0 saturated carbocycles. The predicted molar refractivity (Wildman–Crippen MR) is 132 cm³/mol. The molecule has 2 aromatic heterocycles. The first-order chi connectivity index (χ1) is 14.0. The van der Waals surface area contributed by atoms with Gasteiger partial charge in [0.05, 0.1) is 16.2 Å². The van der Waals surface area contributed by atoms with Crippen molar-refractivity contribution in [2.45, 2.75) is 32.4 Å². The molecular weight excluding hydrogens is 463 g/mol. The van der Waals surface area contributed by atoms with Crippen molar-refractivity contribution in [3.8, 4) is 0 Å². The third kappa shape index (κ3) is 5.26. The molecule has 0 radical (unpaired) electrons. The van der Waals surface area contributed by atoms with E-state index in [1.807, 2.05) is 12.1 Å². The van der Waals surface area contributed by atoms with Crippen LogP contribution >= 0.6 is 48.3 Å². The molecule has 6 nitrogen and oxygen atoms in total. The van der Waals surface area contributed by atoms with Gasteiger partial charge in [-0.1, -0.05) is 34.8 Å². The normalized spacial score (nSPS) is 16.5. The van der Waals surface area contributed by atoms with Crippen LogP contribution in [-0.2, 0) is 6.54 Å². The van der Waals surface area contributed by atoms with E-state index in [9.17, 15) is 0 Å². The van der Waals surface area contributed by atoms with E-state index < -0.39 is 0 Å². The van der Waals surface area contributed by atoms with E-state index in [2.05, 4.69) is 37.4 Å². The second kappa shape index (κ2) is 10.3. The van der Waals surface area contributed by atoms with Crippen LogP contribution in [0.2, 0.25) is 15.2 Å². The molecule has 0 amide bonds. The number of piperidine rings is 1. The molecule has 162 valence electrons. The molecule has 1 aliphatic rings. The fourth-order valence-electron chi connectivity index (χ4n) is 3.74. The van der Waals surface area contributed by atoms with Crippen LogP contribution in [0, 0.1) is 0 Å². The first-order valence-electron chi connectivity index (χ1n) is 9.76. The van der Waals surface area contributed by atoms with Crippen LogP contribution in [0.3, 0.4) is 0 Å². The van der Waals surface area contributed by atoms with Crippen molar-refractivity contribution in [2.24, 2.45) is 0 Å². The number of halogens is 3. The number of H-pyrrole nitrogens is 1. The fourth-order valence-corrected chi connectivity index (χ4v) is 4.48. The van der Waals surface area contributed by atoms with Gasteiger partial charge in [0.2, 0.25) is 5.95 Å². The molecule has 3 heterocycles. The fraction of sp³-hybridized carbons (Fsp3) is 0.400. The summed E-state index contributed by atoms with van der Waals surface area (Å²) in [7, 11) is 0. The smallest absolute Gasteiger partial charge is 0.205 e. The maximum atomic E-state index is 6.38. The molecule has 0 aliphatic carbocycles. The number of rotatable bonds is 6. The zero-order chi connectivity index (χ0) is 20.4. The summed E-state index contributed by atoms with van der Waals surface area (Å²) in [5.41, 5.74) is 3.55. The Bertz CT molecular complexity index is 1010. The van der Waals surface area contributed by atoms with Gasteiger partial charge in [-0.05, 0) is 49.6 Å². The average Bonchev–Trinajstić information content (AvgIpc) is 3.12. The van der Waals surface area contributed by atoms with Gasteiger partial charge in [0.25, 0.3) is 0 Å². The van der Waals surface area contributed by atoms with Crippen molar-refractivity contribution in [1.82, 2.24) is 20.3 Å². The number of nitrogens with one attached hydrogen (secondary N) is 3. The molecule has 0 spiro atoms. The van der Waals surface area contributed by atoms with Crippen LogP contribution < -0.4 is 15.5 Å². The van der Waals surface area contributed by atoms with Crippen LogP contribution in [0.15, 0.2) is 24.3 Å².